The third kappa shape index (κ3) is 6.41. The van der Waals surface area contributed by atoms with Crippen LogP contribution in [0, 0.1) is 5.82 Å². The highest BCUT2D eigenvalue weighted by molar-refractivity contribution is 5.20. The molecule has 0 aliphatic rings. The number of benzene rings is 2. The van der Waals surface area contributed by atoms with E-state index < -0.39 is 6.10 Å². The summed E-state index contributed by atoms with van der Waals surface area (Å²) in [7, 11) is 0. The molecule has 1 atom stereocenters. The minimum atomic E-state index is -0.410. The molecule has 0 saturated carbocycles. The number of nitrogens with zero attached hydrogens (tertiary/aromatic N) is 2. The van der Waals surface area contributed by atoms with Crippen molar-refractivity contribution in [3.8, 4) is 0 Å². The van der Waals surface area contributed by atoms with E-state index in [4.69, 9.17) is 0 Å². The average Bonchev–Trinajstić information content (AvgIpc) is 3.15. The van der Waals surface area contributed by atoms with Crippen molar-refractivity contribution >= 4 is 0 Å². The number of hydrogen-bond donors (Lipinski definition) is 1. The van der Waals surface area contributed by atoms with Crippen molar-refractivity contribution in [2.45, 2.75) is 38.6 Å². The molecule has 0 spiro atoms. The van der Waals surface area contributed by atoms with Crippen LogP contribution >= 0.6 is 0 Å². The van der Waals surface area contributed by atoms with Crippen LogP contribution in [0.2, 0.25) is 0 Å². The van der Waals surface area contributed by atoms with Gasteiger partial charge in [-0.2, -0.15) is 0 Å². The van der Waals surface area contributed by atoms with Gasteiger partial charge in [0.2, 0.25) is 0 Å². The molecule has 3 nitrogen and oxygen atoms in total. The van der Waals surface area contributed by atoms with Crippen LogP contribution in [-0.2, 0) is 19.6 Å². The van der Waals surface area contributed by atoms with Crippen LogP contribution < -0.4 is 0 Å². The van der Waals surface area contributed by atoms with E-state index in [1.807, 2.05) is 48.7 Å². The highest BCUT2D eigenvalue weighted by atomic mass is 19.1. The molecule has 1 heterocycles. The number of allylic oxidation sites excluding steroid dienone is 1. The van der Waals surface area contributed by atoms with E-state index in [0.717, 1.165) is 18.7 Å². The Morgan fingerprint density at radius 2 is 1.76 bits per heavy atom. The molecule has 3 aromatic rings. The lowest BCUT2D eigenvalue weighted by atomic mass is 10.1. The fourth-order valence-electron chi connectivity index (χ4n) is 3.51. The first-order valence-corrected chi connectivity index (χ1v) is 10.1. The third-order valence-electron chi connectivity index (χ3n) is 5.03. The van der Waals surface area contributed by atoms with Gasteiger partial charge in [-0.05, 0) is 36.6 Å². The Kier molecular flexibility index (Phi) is 7.79. The lowest BCUT2D eigenvalue weighted by molar-refractivity contribution is 0.0971. The first-order chi connectivity index (χ1) is 14.2. The van der Waals surface area contributed by atoms with Crippen LogP contribution in [0.3, 0.4) is 0 Å². The molecule has 29 heavy (non-hydrogen) atoms. The van der Waals surface area contributed by atoms with Crippen LogP contribution in [0.15, 0.2) is 85.6 Å². The van der Waals surface area contributed by atoms with Crippen molar-refractivity contribution in [2.75, 3.05) is 6.54 Å². The van der Waals surface area contributed by atoms with E-state index in [-0.39, 0.29) is 5.82 Å². The first-order valence-electron chi connectivity index (χ1n) is 10.1. The van der Waals surface area contributed by atoms with E-state index in [1.165, 1.54) is 11.6 Å². The summed E-state index contributed by atoms with van der Waals surface area (Å²) in [5.41, 5.74) is 2.97. The zero-order valence-electron chi connectivity index (χ0n) is 16.8. The van der Waals surface area contributed by atoms with Gasteiger partial charge in [-0.3, -0.25) is 4.90 Å². The molecule has 152 valence electrons. The molecule has 0 bridgehead atoms. The normalized spacial score (nSPS) is 12.2. The summed E-state index contributed by atoms with van der Waals surface area (Å²) in [6.07, 6.45) is 4.90. The van der Waals surface area contributed by atoms with E-state index in [2.05, 4.69) is 34.2 Å². The molecule has 0 aliphatic heterocycles. The van der Waals surface area contributed by atoms with Gasteiger partial charge in [0.1, 0.15) is 5.82 Å². The minimum absolute atomic E-state index is 0.187. The van der Waals surface area contributed by atoms with Crippen LogP contribution in [0.4, 0.5) is 4.39 Å². The number of aliphatic hydroxyl groups excluding tert-OH is 1. The maximum atomic E-state index is 14.1. The van der Waals surface area contributed by atoms with Crippen LogP contribution in [0.1, 0.15) is 29.7 Å². The van der Waals surface area contributed by atoms with Gasteiger partial charge in [0.15, 0.2) is 0 Å². The van der Waals surface area contributed by atoms with Crippen molar-refractivity contribution < 1.29 is 9.50 Å². The molecule has 0 fully saturated rings. The van der Waals surface area contributed by atoms with Crippen LogP contribution in [-0.4, -0.2) is 27.2 Å². The van der Waals surface area contributed by atoms with Gasteiger partial charge in [-0.1, -0.05) is 54.6 Å². The summed E-state index contributed by atoms with van der Waals surface area (Å²) in [4.78, 5) is 2.25. The zero-order chi connectivity index (χ0) is 20.5. The second-order valence-corrected chi connectivity index (χ2v) is 7.39. The Bertz CT molecular complexity index is 891. The fourth-order valence-corrected chi connectivity index (χ4v) is 3.51. The van der Waals surface area contributed by atoms with Gasteiger partial charge >= 0.3 is 0 Å². The fraction of sp³-hybridized carbons (Fsp3) is 0.280. The van der Waals surface area contributed by atoms with Crippen LogP contribution in [0.25, 0.3) is 0 Å². The van der Waals surface area contributed by atoms with E-state index in [0.29, 0.717) is 31.6 Å². The molecule has 4 heteroatoms. The van der Waals surface area contributed by atoms with E-state index in [1.54, 1.807) is 6.07 Å². The van der Waals surface area contributed by atoms with Crippen molar-refractivity contribution in [2.24, 2.45) is 0 Å². The molecule has 0 radical (unpaired) electrons. The Balaban J connectivity index is 1.74. The van der Waals surface area contributed by atoms with E-state index >= 15 is 0 Å². The SMILES string of the molecule is C=CCC[C@H](O)CN(Cc1ccccc1)Cc1cccn1Cc1ccccc1F. The van der Waals surface area contributed by atoms with Crippen LogP contribution in [0.5, 0.6) is 0 Å². The number of hydrogen-bond acceptors (Lipinski definition) is 2. The zero-order valence-corrected chi connectivity index (χ0v) is 16.8. The first kappa shape index (κ1) is 21.0. The maximum absolute atomic E-state index is 14.1. The molecule has 0 aliphatic carbocycles. The van der Waals surface area contributed by atoms with Gasteiger partial charge in [0.25, 0.3) is 0 Å². The van der Waals surface area contributed by atoms with E-state index in [9.17, 15) is 9.50 Å². The number of aliphatic hydroxyl groups is 1. The summed E-state index contributed by atoms with van der Waals surface area (Å²) < 4.78 is 16.2. The predicted octanol–water partition coefficient (Wildman–Crippen LogP) is 5.00. The number of aromatic nitrogens is 1. The standard InChI is InChI=1S/C25H29FN2O/c1-2-3-14-24(29)20-27(17-21-10-5-4-6-11-21)19-23-13-9-16-28(23)18-22-12-7-8-15-25(22)26/h2,4-13,15-16,24,29H,1,3,14,17-20H2/t24-/m0/s1. The van der Waals surface area contributed by atoms with Crippen molar-refractivity contribution in [1.29, 1.82) is 0 Å². The molecule has 3 rings (SSSR count). The quantitative estimate of drug-likeness (QED) is 0.465. The second kappa shape index (κ2) is 10.7. The summed E-state index contributed by atoms with van der Waals surface area (Å²) >= 11 is 0. The smallest absolute Gasteiger partial charge is 0.128 e. The third-order valence-corrected chi connectivity index (χ3v) is 5.03. The van der Waals surface area contributed by atoms with Gasteiger partial charge in [0.05, 0.1) is 12.6 Å². The molecule has 0 amide bonds. The summed E-state index contributed by atoms with van der Waals surface area (Å²) in [5.74, 6) is -0.187. The van der Waals surface area contributed by atoms with Gasteiger partial charge in [-0.15, -0.1) is 6.58 Å². The number of rotatable bonds is 11. The highest BCUT2D eigenvalue weighted by Crippen LogP contribution is 2.16. The molecule has 0 unspecified atom stereocenters. The Morgan fingerprint density at radius 3 is 2.52 bits per heavy atom. The monoisotopic (exact) mass is 392 g/mol. The van der Waals surface area contributed by atoms with Gasteiger partial charge in [0, 0.05) is 37.1 Å². The molecular formula is C25H29FN2O. The molecular weight excluding hydrogens is 363 g/mol. The summed E-state index contributed by atoms with van der Waals surface area (Å²) in [5, 5.41) is 10.5. The molecule has 1 N–H and O–H groups in total. The van der Waals surface area contributed by atoms with Gasteiger partial charge in [-0.25, -0.2) is 4.39 Å². The molecule has 1 aromatic heterocycles. The second-order valence-electron chi connectivity index (χ2n) is 7.39. The largest absolute Gasteiger partial charge is 0.392 e. The maximum Gasteiger partial charge on any atom is 0.128 e. The van der Waals surface area contributed by atoms with Crippen molar-refractivity contribution in [1.82, 2.24) is 9.47 Å². The van der Waals surface area contributed by atoms with Crippen molar-refractivity contribution in [3.05, 3.63) is 108 Å². The predicted molar refractivity (Wildman–Crippen MR) is 116 cm³/mol. The average molecular weight is 393 g/mol. The Morgan fingerprint density at radius 1 is 1.00 bits per heavy atom. The van der Waals surface area contributed by atoms with Crippen molar-refractivity contribution in [3.63, 3.8) is 0 Å². The Hall–Kier alpha value is -2.69. The topological polar surface area (TPSA) is 28.4 Å². The molecule has 2 aromatic carbocycles. The lowest BCUT2D eigenvalue weighted by Crippen LogP contribution is -2.32. The summed E-state index contributed by atoms with van der Waals surface area (Å²) in [6.45, 7) is 6.24. The molecule has 0 saturated heterocycles. The minimum Gasteiger partial charge on any atom is -0.392 e. The Labute approximate surface area is 172 Å². The van der Waals surface area contributed by atoms with Gasteiger partial charge < -0.3 is 9.67 Å². The number of halogens is 1. The highest BCUT2D eigenvalue weighted by Gasteiger charge is 2.15. The lowest BCUT2D eigenvalue weighted by Gasteiger charge is -2.26. The summed E-state index contributed by atoms with van der Waals surface area (Å²) in [6, 6.07) is 21.2.